The number of hydrogen-bond donors (Lipinski definition) is 0. The Kier molecular flexibility index (Phi) is 3.51. The SMILES string of the molecule is CCC(=O)C(C)N1C(=O)C(=O)c2cc(CC)ccc21. The fraction of sp³-hybridized carbons (Fsp3) is 0.400. The van der Waals surface area contributed by atoms with Crippen LogP contribution < -0.4 is 4.90 Å². The maximum Gasteiger partial charge on any atom is 0.300 e. The summed E-state index contributed by atoms with van der Waals surface area (Å²) in [6.07, 6.45) is 1.15. The molecule has 1 aromatic rings. The van der Waals surface area contributed by atoms with Crippen molar-refractivity contribution >= 4 is 23.2 Å². The van der Waals surface area contributed by atoms with E-state index in [0.29, 0.717) is 17.7 Å². The summed E-state index contributed by atoms with van der Waals surface area (Å²) in [6, 6.07) is 4.81. The van der Waals surface area contributed by atoms with Crippen LogP contribution in [-0.4, -0.2) is 23.5 Å². The monoisotopic (exact) mass is 259 g/mol. The number of aryl methyl sites for hydroxylation is 1. The van der Waals surface area contributed by atoms with Crippen LogP contribution in [0.3, 0.4) is 0 Å². The smallest absolute Gasteiger partial charge is 0.297 e. The van der Waals surface area contributed by atoms with Crippen molar-refractivity contribution in [3.8, 4) is 0 Å². The minimum atomic E-state index is -0.599. The van der Waals surface area contributed by atoms with Crippen molar-refractivity contribution in [2.45, 2.75) is 39.7 Å². The number of nitrogens with zero attached hydrogens (tertiary/aromatic N) is 1. The molecule has 1 heterocycles. The first-order chi connectivity index (χ1) is 9.01. The summed E-state index contributed by atoms with van der Waals surface area (Å²) < 4.78 is 0. The van der Waals surface area contributed by atoms with E-state index < -0.39 is 17.7 Å². The topological polar surface area (TPSA) is 54.5 Å². The third-order valence-electron chi connectivity index (χ3n) is 3.59. The highest BCUT2D eigenvalue weighted by Crippen LogP contribution is 2.32. The van der Waals surface area contributed by atoms with Crippen LogP contribution in [0, 0.1) is 0 Å². The van der Waals surface area contributed by atoms with Gasteiger partial charge in [-0.15, -0.1) is 0 Å². The van der Waals surface area contributed by atoms with Crippen LogP contribution in [-0.2, 0) is 16.0 Å². The molecule has 1 aromatic carbocycles. The fourth-order valence-corrected chi connectivity index (χ4v) is 2.35. The molecule has 0 saturated carbocycles. The molecule has 4 nitrogen and oxygen atoms in total. The Labute approximate surface area is 112 Å². The zero-order valence-electron chi connectivity index (χ0n) is 11.4. The standard InChI is InChI=1S/C15H17NO3/c1-4-10-6-7-12-11(8-10)14(18)15(19)16(12)9(3)13(17)5-2/h6-9H,4-5H2,1-3H3. The molecule has 0 N–H and O–H groups in total. The number of fused-ring (bicyclic) bond motifs is 1. The highest BCUT2D eigenvalue weighted by Gasteiger charge is 2.40. The molecule has 0 bridgehead atoms. The molecule has 0 radical (unpaired) electrons. The van der Waals surface area contributed by atoms with E-state index >= 15 is 0 Å². The van der Waals surface area contributed by atoms with Gasteiger partial charge >= 0.3 is 0 Å². The third kappa shape index (κ3) is 2.07. The molecule has 1 atom stereocenters. The lowest BCUT2D eigenvalue weighted by Crippen LogP contribution is -2.42. The van der Waals surface area contributed by atoms with Gasteiger partial charge in [0.2, 0.25) is 0 Å². The van der Waals surface area contributed by atoms with Gasteiger partial charge < -0.3 is 0 Å². The van der Waals surface area contributed by atoms with Gasteiger partial charge in [-0.25, -0.2) is 0 Å². The van der Waals surface area contributed by atoms with E-state index in [-0.39, 0.29) is 5.78 Å². The Morgan fingerprint density at radius 1 is 1.26 bits per heavy atom. The predicted octanol–water partition coefficient (Wildman–Crippen LogP) is 2.15. The molecule has 0 aromatic heterocycles. The first kappa shape index (κ1) is 13.5. The number of benzene rings is 1. The van der Waals surface area contributed by atoms with Crippen molar-refractivity contribution in [1.29, 1.82) is 0 Å². The van der Waals surface area contributed by atoms with Crippen molar-refractivity contribution in [2.24, 2.45) is 0 Å². The summed E-state index contributed by atoms with van der Waals surface area (Å²) in [5.41, 5.74) is 1.98. The van der Waals surface area contributed by atoms with Crippen LogP contribution in [0.4, 0.5) is 5.69 Å². The molecule has 0 fully saturated rings. The van der Waals surface area contributed by atoms with E-state index in [0.717, 1.165) is 12.0 Å². The first-order valence-corrected chi connectivity index (χ1v) is 6.54. The lowest BCUT2D eigenvalue weighted by molar-refractivity contribution is -0.122. The molecule has 1 unspecified atom stereocenters. The Morgan fingerprint density at radius 2 is 1.95 bits per heavy atom. The van der Waals surface area contributed by atoms with Crippen molar-refractivity contribution in [3.63, 3.8) is 0 Å². The first-order valence-electron chi connectivity index (χ1n) is 6.54. The molecule has 0 spiro atoms. The zero-order valence-corrected chi connectivity index (χ0v) is 11.4. The summed E-state index contributed by atoms with van der Waals surface area (Å²) in [7, 11) is 0. The van der Waals surface area contributed by atoms with Gasteiger partial charge in [-0.3, -0.25) is 19.3 Å². The number of ketones is 2. The van der Waals surface area contributed by atoms with Crippen molar-refractivity contribution in [2.75, 3.05) is 4.90 Å². The molecule has 0 saturated heterocycles. The Hall–Kier alpha value is -1.97. The molecule has 0 aliphatic carbocycles. The number of rotatable bonds is 4. The van der Waals surface area contributed by atoms with Gasteiger partial charge in [-0.05, 0) is 31.0 Å². The molecule has 1 amide bonds. The minimum Gasteiger partial charge on any atom is -0.297 e. The average Bonchev–Trinajstić information content (AvgIpc) is 2.69. The van der Waals surface area contributed by atoms with Crippen molar-refractivity contribution in [1.82, 2.24) is 0 Å². The minimum absolute atomic E-state index is 0.0476. The van der Waals surface area contributed by atoms with Crippen LogP contribution in [0.2, 0.25) is 0 Å². The van der Waals surface area contributed by atoms with Crippen LogP contribution in [0.25, 0.3) is 0 Å². The predicted molar refractivity (Wildman–Crippen MR) is 72.4 cm³/mol. The molecule has 2 rings (SSSR count). The molecule has 1 aliphatic rings. The number of hydrogen-bond acceptors (Lipinski definition) is 3. The Morgan fingerprint density at radius 3 is 2.53 bits per heavy atom. The van der Waals surface area contributed by atoms with E-state index in [1.165, 1.54) is 4.90 Å². The summed E-state index contributed by atoms with van der Waals surface area (Å²) in [4.78, 5) is 37.1. The summed E-state index contributed by atoms with van der Waals surface area (Å²) in [5.74, 6) is -1.16. The second kappa shape index (κ2) is 4.96. The molecule has 100 valence electrons. The zero-order chi connectivity index (χ0) is 14.2. The van der Waals surface area contributed by atoms with Crippen LogP contribution >= 0.6 is 0 Å². The van der Waals surface area contributed by atoms with Crippen LogP contribution in [0.15, 0.2) is 18.2 Å². The van der Waals surface area contributed by atoms with Gasteiger partial charge in [0.25, 0.3) is 11.7 Å². The number of Topliss-reactive ketones (excluding diaryl/α,β-unsaturated/α-hetero) is 2. The normalized spacial score (nSPS) is 15.6. The molecule has 19 heavy (non-hydrogen) atoms. The Bertz CT molecular complexity index is 563. The fourth-order valence-electron chi connectivity index (χ4n) is 2.35. The number of carbonyl (C=O) groups excluding carboxylic acids is 3. The summed E-state index contributed by atoms with van der Waals surface area (Å²) in [5, 5.41) is 0. The van der Waals surface area contributed by atoms with Gasteiger partial charge in [0, 0.05) is 6.42 Å². The lowest BCUT2D eigenvalue weighted by atomic mass is 10.1. The number of anilines is 1. The van der Waals surface area contributed by atoms with Gasteiger partial charge in [0.1, 0.15) is 0 Å². The number of carbonyl (C=O) groups is 3. The van der Waals surface area contributed by atoms with E-state index in [4.69, 9.17) is 0 Å². The summed E-state index contributed by atoms with van der Waals surface area (Å²) in [6.45, 7) is 5.41. The van der Waals surface area contributed by atoms with E-state index in [9.17, 15) is 14.4 Å². The van der Waals surface area contributed by atoms with Gasteiger partial charge in [0.05, 0.1) is 17.3 Å². The highest BCUT2D eigenvalue weighted by atomic mass is 16.2. The van der Waals surface area contributed by atoms with Crippen LogP contribution in [0.5, 0.6) is 0 Å². The highest BCUT2D eigenvalue weighted by molar-refractivity contribution is 6.52. The second-order valence-corrected chi connectivity index (χ2v) is 4.71. The maximum atomic E-state index is 12.0. The molecule has 1 aliphatic heterocycles. The number of amides is 1. The summed E-state index contributed by atoms with van der Waals surface area (Å²) >= 11 is 0. The lowest BCUT2D eigenvalue weighted by Gasteiger charge is -2.23. The molecular weight excluding hydrogens is 242 g/mol. The van der Waals surface area contributed by atoms with Gasteiger partial charge in [-0.1, -0.05) is 19.9 Å². The van der Waals surface area contributed by atoms with E-state index in [1.54, 1.807) is 26.0 Å². The third-order valence-corrected chi connectivity index (χ3v) is 3.59. The Balaban J connectivity index is 2.48. The molecule has 4 heteroatoms. The van der Waals surface area contributed by atoms with Gasteiger partial charge in [-0.2, -0.15) is 0 Å². The van der Waals surface area contributed by atoms with E-state index in [1.807, 2.05) is 13.0 Å². The quantitative estimate of drug-likeness (QED) is 0.778. The van der Waals surface area contributed by atoms with Gasteiger partial charge in [0.15, 0.2) is 5.78 Å². The van der Waals surface area contributed by atoms with Crippen molar-refractivity contribution < 1.29 is 14.4 Å². The van der Waals surface area contributed by atoms with E-state index in [2.05, 4.69) is 0 Å². The largest absolute Gasteiger partial charge is 0.300 e. The maximum absolute atomic E-state index is 12.0. The average molecular weight is 259 g/mol. The second-order valence-electron chi connectivity index (χ2n) is 4.71. The van der Waals surface area contributed by atoms with Crippen molar-refractivity contribution in [3.05, 3.63) is 29.3 Å². The van der Waals surface area contributed by atoms with Crippen LogP contribution in [0.1, 0.15) is 43.1 Å². The molecular formula is C15H17NO3.